The van der Waals surface area contributed by atoms with Crippen molar-refractivity contribution in [3.05, 3.63) is 29.3 Å². The van der Waals surface area contributed by atoms with E-state index in [4.69, 9.17) is 21.1 Å². The van der Waals surface area contributed by atoms with Gasteiger partial charge in [-0.1, -0.05) is 31.0 Å². The van der Waals surface area contributed by atoms with Gasteiger partial charge in [0, 0.05) is 10.7 Å². The summed E-state index contributed by atoms with van der Waals surface area (Å²) in [5, 5.41) is 2.98. The summed E-state index contributed by atoms with van der Waals surface area (Å²) in [5.41, 5.74) is 0.494. The molecule has 0 bridgehead atoms. The van der Waals surface area contributed by atoms with Gasteiger partial charge >= 0.3 is 12.1 Å². The van der Waals surface area contributed by atoms with Crippen molar-refractivity contribution in [1.29, 1.82) is 0 Å². The minimum absolute atomic E-state index is 0.332. The summed E-state index contributed by atoms with van der Waals surface area (Å²) < 4.78 is 9.87. The van der Waals surface area contributed by atoms with Gasteiger partial charge in [-0.3, -0.25) is 5.32 Å². The quantitative estimate of drug-likeness (QED) is 0.643. The maximum Gasteiger partial charge on any atom is 0.412 e. The zero-order valence-electron chi connectivity index (χ0n) is 11.5. The predicted molar refractivity (Wildman–Crippen MR) is 76.9 cm³/mol. The van der Waals surface area contributed by atoms with Gasteiger partial charge in [0.25, 0.3) is 0 Å². The molecule has 5 nitrogen and oxygen atoms in total. The molecule has 1 rings (SSSR count). The highest BCUT2D eigenvalue weighted by atomic mass is 35.5. The molecule has 0 aliphatic rings. The van der Waals surface area contributed by atoms with Crippen LogP contribution < -0.4 is 5.32 Å². The SMILES string of the molecule is CCCCOC(=O)C(C)OC(=O)Nc1cccc(Cl)c1. The van der Waals surface area contributed by atoms with E-state index in [0.29, 0.717) is 17.3 Å². The molecule has 20 heavy (non-hydrogen) atoms. The monoisotopic (exact) mass is 299 g/mol. The smallest absolute Gasteiger partial charge is 0.412 e. The molecule has 1 unspecified atom stereocenters. The summed E-state index contributed by atoms with van der Waals surface area (Å²) in [6.45, 7) is 3.79. The number of esters is 1. The topological polar surface area (TPSA) is 64.6 Å². The van der Waals surface area contributed by atoms with Gasteiger partial charge in [-0.2, -0.15) is 0 Å². The van der Waals surface area contributed by atoms with Gasteiger partial charge < -0.3 is 9.47 Å². The molecule has 1 aromatic carbocycles. The molecule has 0 heterocycles. The van der Waals surface area contributed by atoms with Gasteiger partial charge in [-0.25, -0.2) is 9.59 Å². The zero-order valence-corrected chi connectivity index (χ0v) is 12.3. The molecule has 6 heteroatoms. The number of hydrogen-bond donors (Lipinski definition) is 1. The van der Waals surface area contributed by atoms with Gasteiger partial charge in [0.15, 0.2) is 6.10 Å². The van der Waals surface area contributed by atoms with E-state index >= 15 is 0 Å². The minimum atomic E-state index is -0.953. The van der Waals surface area contributed by atoms with Crippen molar-refractivity contribution in [3.63, 3.8) is 0 Å². The lowest BCUT2D eigenvalue weighted by atomic mass is 10.3. The van der Waals surface area contributed by atoms with E-state index in [2.05, 4.69) is 5.32 Å². The van der Waals surface area contributed by atoms with Crippen LogP contribution in [-0.4, -0.2) is 24.8 Å². The number of carbonyl (C=O) groups is 2. The minimum Gasteiger partial charge on any atom is -0.463 e. The lowest BCUT2D eigenvalue weighted by Gasteiger charge is -2.13. The fraction of sp³-hybridized carbons (Fsp3) is 0.429. The number of ether oxygens (including phenoxy) is 2. The number of halogens is 1. The van der Waals surface area contributed by atoms with Gasteiger partial charge in [-0.15, -0.1) is 0 Å². The highest BCUT2D eigenvalue weighted by molar-refractivity contribution is 6.30. The van der Waals surface area contributed by atoms with Crippen molar-refractivity contribution < 1.29 is 19.1 Å². The summed E-state index contributed by atoms with van der Waals surface area (Å²) >= 11 is 5.79. The van der Waals surface area contributed by atoms with E-state index in [1.807, 2.05) is 6.92 Å². The van der Waals surface area contributed by atoms with E-state index in [1.54, 1.807) is 24.3 Å². The van der Waals surface area contributed by atoms with Crippen LogP contribution in [0.25, 0.3) is 0 Å². The molecule has 0 spiro atoms. The Morgan fingerprint density at radius 3 is 2.80 bits per heavy atom. The Bertz CT molecular complexity index is 464. The predicted octanol–water partition coefficient (Wildman–Crippen LogP) is 3.62. The highest BCUT2D eigenvalue weighted by Gasteiger charge is 2.19. The Labute approximate surface area is 123 Å². The van der Waals surface area contributed by atoms with Crippen LogP contribution in [0.4, 0.5) is 10.5 Å². The van der Waals surface area contributed by atoms with Crippen molar-refractivity contribution in [2.24, 2.45) is 0 Å². The highest BCUT2D eigenvalue weighted by Crippen LogP contribution is 2.15. The van der Waals surface area contributed by atoms with Crippen molar-refractivity contribution in [1.82, 2.24) is 0 Å². The number of unbranched alkanes of at least 4 members (excludes halogenated alkanes) is 1. The van der Waals surface area contributed by atoms with Crippen LogP contribution in [0.15, 0.2) is 24.3 Å². The molecule has 1 aromatic rings. The molecule has 1 atom stereocenters. The number of hydrogen-bond acceptors (Lipinski definition) is 4. The second kappa shape index (κ2) is 8.43. The Morgan fingerprint density at radius 2 is 2.15 bits per heavy atom. The molecule has 0 saturated heterocycles. The second-order valence-electron chi connectivity index (χ2n) is 4.20. The average molecular weight is 300 g/mol. The molecular weight excluding hydrogens is 282 g/mol. The van der Waals surface area contributed by atoms with Crippen LogP contribution >= 0.6 is 11.6 Å². The molecule has 110 valence electrons. The number of benzene rings is 1. The molecule has 0 saturated carbocycles. The molecule has 0 radical (unpaired) electrons. The Kier molecular flexibility index (Phi) is 6.87. The lowest BCUT2D eigenvalue weighted by molar-refractivity contribution is -0.152. The van der Waals surface area contributed by atoms with E-state index in [9.17, 15) is 9.59 Å². The molecule has 1 N–H and O–H groups in total. The Balaban J connectivity index is 2.39. The number of amides is 1. The van der Waals surface area contributed by atoms with Crippen LogP contribution in [-0.2, 0) is 14.3 Å². The first kappa shape index (κ1) is 16.3. The van der Waals surface area contributed by atoms with E-state index in [-0.39, 0.29) is 0 Å². The van der Waals surface area contributed by atoms with Gasteiger partial charge in [0.1, 0.15) is 0 Å². The normalized spacial score (nSPS) is 11.6. The maximum atomic E-state index is 11.6. The van der Waals surface area contributed by atoms with Crippen molar-refractivity contribution in [2.75, 3.05) is 11.9 Å². The molecular formula is C14H18ClNO4. The summed E-state index contributed by atoms with van der Waals surface area (Å²) in [4.78, 5) is 23.1. The van der Waals surface area contributed by atoms with Crippen LogP contribution in [0, 0.1) is 0 Å². The molecule has 0 aliphatic carbocycles. The first-order valence-electron chi connectivity index (χ1n) is 6.42. The standard InChI is InChI=1S/C14H18ClNO4/c1-3-4-8-19-13(17)10(2)20-14(18)16-12-7-5-6-11(15)9-12/h5-7,9-10H,3-4,8H2,1-2H3,(H,16,18). The second-order valence-corrected chi connectivity index (χ2v) is 4.64. The van der Waals surface area contributed by atoms with E-state index in [0.717, 1.165) is 12.8 Å². The molecule has 1 amide bonds. The lowest BCUT2D eigenvalue weighted by Crippen LogP contribution is -2.28. The maximum absolute atomic E-state index is 11.6. The van der Waals surface area contributed by atoms with Gasteiger partial charge in [-0.05, 0) is 31.5 Å². The molecule has 0 fully saturated rings. The third kappa shape index (κ3) is 5.93. The Morgan fingerprint density at radius 1 is 1.40 bits per heavy atom. The van der Waals surface area contributed by atoms with Crippen molar-refractivity contribution in [2.45, 2.75) is 32.8 Å². The Hall–Kier alpha value is -1.75. The summed E-state index contributed by atoms with van der Waals surface area (Å²) in [6, 6.07) is 6.62. The fourth-order valence-electron chi connectivity index (χ4n) is 1.36. The van der Waals surface area contributed by atoms with Gasteiger partial charge in [0.05, 0.1) is 6.61 Å². The average Bonchev–Trinajstić information content (AvgIpc) is 2.38. The number of rotatable bonds is 6. The summed E-state index contributed by atoms with van der Waals surface area (Å²) in [5.74, 6) is -0.556. The summed E-state index contributed by atoms with van der Waals surface area (Å²) in [7, 11) is 0. The largest absolute Gasteiger partial charge is 0.463 e. The van der Waals surface area contributed by atoms with Crippen molar-refractivity contribution in [3.8, 4) is 0 Å². The molecule has 0 aliphatic heterocycles. The van der Waals surface area contributed by atoms with Crippen LogP contribution in [0.5, 0.6) is 0 Å². The number of carbonyl (C=O) groups excluding carboxylic acids is 2. The van der Waals surface area contributed by atoms with E-state index < -0.39 is 18.2 Å². The van der Waals surface area contributed by atoms with Crippen LogP contribution in [0.1, 0.15) is 26.7 Å². The van der Waals surface area contributed by atoms with E-state index in [1.165, 1.54) is 6.92 Å². The third-order valence-corrected chi connectivity index (χ3v) is 2.66. The summed E-state index contributed by atoms with van der Waals surface area (Å²) in [6.07, 6.45) is 0.0311. The fourth-order valence-corrected chi connectivity index (χ4v) is 1.55. The number of anilines is 1. The zero-order chi connectivity index (χ0) is 15.0. The number of nitrogens with one attached hydrogen (secondary N) is 1. The van der Waals surface area contributed by atoms with Crippen molar-refractivity contribution >= 4 is 29.4 Å². The first-order valence-corrected chi connectivity index (χ1v) is 6.80. The van der Waals surface area contributed by atoms with Crippen LogP contribution in [0.3, 0.4) is 0 Å². The van der Waals surface area contributed by atoms with Gasteiger partial charge in [0.2, 0.25) is 0 Å². The third-order valence-electron chi connectivity index (χ3n) is 2.43. The van der Waals surface area contributed by atoms with Crippen LogP contribution in [0.2, 0.25) is 5.02 Å². The molecule has 0 aromatic heterocycles. The first-order chi connectivity index (χ1) is 9.52.